The normalized spacial score (nSPS) is 10.5. The van der Waals surface area contributed by atoms with E-state index in [1.165, 1.54) is 53.0 Å². The molecule has 2 aromatic carbocycles. The second kappa shape index (κ2) is 11.8. The fourth-order valence-electron chi connectivity index (χ4n) is 2.97. The van der Waals surface area contributed by atoms with Crippen LogP contribution >= 0.6 is 15.9 Å². The maximum absolute atomic E-state index is 12.8. The highest BCUT2D eigenvalue weighted by atomic mass is 79.9. The van der Waals surface area contributed by atoms with Crippen molar-refractivity contribution in [3.05, 3.63) is 70.0 Å². The van der Waals surface area contributed by atoms with Gasteiger partial charge in [0.25, 0.3) is 5.91 Å². The second-order valence-corrected chi connectivity index (χ2v) is 7.72. The number of nitrogens with zero attached hydrogens (tertiary/aromatic N) is 2. The topological polar surface area (TPSA) is 118 Å². The lowest BCUT2D eigenvalue weighted by Gasteiger charge is -2.14. The number of carbonyl (C=O) groups is 2. The highest BCUT2D eigenvalue weighted by molar-refractivity contribution is 9.10. The SMILES string of the molecule is COc1cc(/C=N\NC(=O)c2cncc(Br)c2)ccc1OC(=O)c1cc(OC)c(OC)c(OC)c1. The predicted molar refractivity (Wildman–Crippen MR) is 131 cm³/mol. The summed E-state index contributed by atoms with van der Waals surface area (Å²) in [5, 5.41) is 3.95. The van der Waals surface area contributed by atoms with Gasteiger partial charge in [-0.15, -0.1) is 0 Å². The number of esters is 1. The smallest absolute Gasteiger partial charge is 0.343 e. The van der Waals surface area contributed by atoms with Crippen LogP contribution in [0.1, 0.15) is 26.3 Å². The third-order valence-electron chi connectivity index (χ3n) is 4.64. The summed E-state index contributed by atoms with van der Waals surface area (Å²) in [6, 6.07) is 9.40. The number of nitrogens with one attached hydrogen (secondary N) is 1. The number of pyridine rings is 1. The zero-order valence-corrected chi connectivity index (χ0v) is 20.9. The van der Waals surface area contributed by atoms with E-state index in [2.05, 4.69) is 31.4 Å². The van der Waals surface area contributed by atoms with Crippen LogP contribution in [0, 0.1) is 0 Å². The third-order valence-corrected chi connectivity index (χ3v) is 5.07. The lowest BCUT2D eigenvalue weighted by atomic mass is 10.1. The molecule has 182 valence electrons. The molecule has 1 amide bonds. The van der Waals surface area contributed by atoms with Gasteiger partial charge < -0.3 is 23.7 Å². The number of hydrogen-bond acceptors (Lipinski definition) is 9. The Bertz CT molecular complexity index is 1240. The van der Waals surface area contributed by atoms with Gasteiger partial charge in [-0.2, -0.15) is 5.10 Å². The molecule has 0 aliphatic carbocycles. The number of ether oxygens (including phenoxy) is 5. The van der Waals surface area contributed by atoms with Crippen molar-refractivity contribution < 1.29 is 33.3 Å². The Morgan fingerprint density at radius 2 is 1.54 bits per heavy atom. The molecule has 1 heterocycles. The van der Waals surface area contributed by atoms with E-state index in [9.17, 15) is 9.59 Å². The minimum atomic E-state index is -0.654. The van der Waals surface area contributed by atoms with E-state index >= 15 is 0 Å². The third kappa shape index (κ3) is 6.27. The Balaban J connectivity index is 1.74. The molecule has 3 rings (SSSR count). The first-order chi connectivity index (χ1) is 16.9. The molecule has 0 fully saturated rings. The summed E-state index contributed by atoms with van der Waals surface area (Å²) in [5.41, 5.74) is 3.56. The summed E-state index contributed by atoms with van der Waals surface area (Å²) in [4.78, 5) is 28.9. The van der Waals surface area contributed by atoms with E-state index in [0.29, 0.717) is 32.8 Å². The molecular formula is C24H22BrN3O7. The molecule has 35 heavy (non-hydrogen) atoms. The van der Waals surface area contributed by atoms with Crippen LogP contribution in [0.2, 0.25) is 0 Å². The van der Waals surface area contributed by atoms with Crippen molar-refractivity contribution in [2.75, 3.05) is 28.4 Å². The Morgan fingerprint density at radius 3 is 2.14 bits per heavy atom. The van der Waals surface area contributed by atoms with Crippen molar-refractivity contribution in [2.24, 2.45) is 5.10 Å². The first-order valence-corrected chi connectivity index (χ1v) is 10.8. The van der Waals surface area contributed by atoms with Crippen LogP contribution in [0.15, 0.2) is 58.4 Å². The fourth-order valence-corrected chi connectivity index (χ4v) is 3.34. The number of methoxy groups -OCH3 is 4. The van der Waals surface area contributed by atoms with E-state index < -0.39 is 11.9 Å². The van der Waals surface area contributed by atoms with E-state index in [1.807, 2.05) is 0 Å². The van der Waals surface area contributed by atoms with Gasteiger partial charge in [-0.3, -0.25) is 9.78 Å². The first kappa shape index (κ1) is 25.5. The number of amides is 1. The van der Waals surface area contributed by atoms with Gasteiger partial charge in [0.2, 0.25) is 5.75 Å². The van der Waals surface area contributed by atoms with Crippen molar-refractivity contribution in [2.45, 2.75) is 0 Å². The molecule has 0 atom stereocenters. The molecule has 0 bridgehead atoms. The van der Waals surface area contributed by atoms with Crippen molar-refractivity contribution in [1.29, 1.82) is 0 Å². The number of hydrazone groups is 1. The van der Waals surface area contributed by atoms with Gasteiger partial charge in [-0.1, -0.05) is 0 Å². The van der Waals surface area contributed by atoms with Crippen LogP contribution in [0.5, 0.6) is 28.7 Å². The molecule has 0 unspecified atom stereocenters. The Hall–Kier alpha value is -4.12. The van der Waals surface area contributed by atoms with Crippen molar-refractivity contribution in [3.8, 4) is 28.7 Å². The summed E-state index contributed by atoms with van der Waals surface area (Å²) < 4.78 is 27.4. The Labute approximate surface area is 209 Å². The standard InChI is InChI=1S/C24H22BrN3O7/c1-31-19-7-14(11-27-28-23(29)16-8-17(25)13-26-12-16)5-6-18(19)35-24(30)15-9-20(32-2)22(34-4)21(10-15)33-3/h5-13H,1-4H3,(H,28,29)/b27-11-. The number of benzene rings is 2. The summed E-state index contributed by atoms with van der Waals surface area (Å²) >= 11 is 3.26. The van der Waals surface area contributed by atoms with Gasteiger partial charge in [-0.05, 0) is 57.9 Å². The molecular weight excluding hydrogens is 522 g/mol. The van der Waals surface area contributed by atoms with Crippen LogP contribution in [0.3, 0.4) is 0 Å². The molecule has 0 radical (unpaired) electrons. The first-order valence-electron chi connectivity index (χ1n) is 10.0. The summed E-state index contributed by atoms with van der Waals surface area (Å²) in [7, 11) is 5.81. The lowest BCUT2D eigenvalue weighted by Crippen LogP contribution is -2.17. The molecule has 10 nitrogen and oxygen atoms in total. The number of rotatable bonds is 9. The molecule has 3 aromatic rings. The zero-order valence-electron chi connectivity index (χ0n) is 19.3. The van der Waals surface area contributed by atoms with Crippen molar-refractivity contribution >= 4 is 34.0 Å². The van der Waals surface area contributed by atoms with E-state index in [1.54, 1.807) is 30.5 Å². The van der Waals surface area contributed by atoms with E-state index in [4.69, 9.17) is 23.7 Å². The quantitative estimate of drug-likeness (QED) is 0.187. The van der Waals surface area contributed by atoms with Gasteiger partial charge >= 0.3 is 5.97 Å². The maximum Gasteiger partial charge on any atom is 0.343 e. The molecule has 11 heteroatoms. The van der Waals surface area contributed by atoms with Crippen LogP contribution in [-0.4, -0.2) is 51.5 Å². The van der Waals surface area contributed by atoms with Gasteiger partial charge in [0.15, 0.2) is 23.0 Å². The van der Waals surface area contributed by atoms with Crippen LogP contribution in [-0.2, 0) is 0 Å². The highest BCUT2D eigenvalue weighted by Gasteiger charge is 2.19. The van der Waals surface area contributed by atoms with Crippen LogP contribution < -0.4 is 29.1 Å². The lowest BCUT2D eigenvalue weighted by molar-refractivity contribution is 0.0728. The molecule has 0 saturated heterocycles. The highest BCUT2D eigenvalue weighted by Crippen LogP contribution is 2.38. The molecule has 1 N–H and O–H groups in total. The second-order valence-electron chi connectivity index (χ2n) is 6.80. The molecule has 0 aliphatic rings. The fraction of sp³-hybridized carbons (Fsp3) is 0.167. The molecule has 0 saturated carbocycles. The summed E-state index contributed by atoms with van der Waals surface area (Å²) in [6.07, 6.45) is 4.43. The van der Waals surface area contributed by atoms with E-state index in [0.717, 1.165) is 0 Å². The van der Waals surface area contributed by atoms with Gasteiger partial charge in [0.05, 0.1) is 45.8 Å². The van der Waals surface area contributed by atoms with Crippen LogP contribution in [0.25, 0.3) is 0 Å². The van der Waals surface area contributed by atoms with E-state index in [-0.39, 0.29) is 17.1 Å². The summed E-state index contributed by atoms with van der Waals surface area (Å²) in [6.45, 7) is 0. The average molecular weight is 544 g/mol. The van der Waals surface area contributed by atoms with Gasteiger partial charge in [0.1, 0.15) is 0 Å². The Morgan fingerprint density at radius 1 is 0.857 bits per heavy atom. The minimum Gasteiger partial charge on any atom is -0.493 e. The minimum absolute atomic E-state index is 0.188. The number of hydrogen-bond donors (Lipinski definition) is 1. The van der Waals surface area contributed by atoms with Gasteiger partial charge in [0, 0.05) is 16.9 Å². The van der Waals surface area contributed by atoms with Crippen molar-refractivity contribution in [1.82, 2.24) is 10.4 Å². The largest absolute Gasteiger partial charge is 0.493 e. The molecule has 0 aliphatic heterocycles. The maximum atomic E-state index is 12.8. The molecule has 0 spiro atoms. The molecule has 1 aromatic heterocycles. The summed E-state index contributed by atoms with van der Waals surface area (Å²) in [5.74, 6) is 0.397. The predicted octanol–water partition coefficient (Wildman–Crippen LogP) is 3.86. The number of aromatic nitrogens is 1. The van der Waals surface area contributed by atoms with Gasteiger partial charge in [-0.25, -0.2) is 10.2 Å². The van der Waals surface area contributed by atoms with Crippen LogP contribution in [0.4, 0.5) is 0 Å². The zero-order chi connectivity index (χ0) is 25.4. The number of halogens is 1. The number of carbonyl (C=O) groups excluding carboxylic acids is 2. The van der Waals surface area contributed by atoms with Crippen molar-refractivity contribution in [3.63, 3.8) is 0 Å². The average Bonchev–Trinajstić information content (AvgIpc) is 2.88. The monoisotopic (exact) mass is 543 g/mol. The Kier molecular flexibility index (Phi) is 8.63.